The van der Waals surface area contributed by atoms with Crippen LogP contribution in [0.25, 0.3) is 6.08 Å². The first-order valence-electron chi connectivity index (χ1n) is 7.78. The van der Waals surface area contributed by atoms with Crippen LogP contribution in [-0.2, 0) is 9.47 Å². The highest BCUT2D eigenvalue weighted by molar-refractivity contribution is 5.68. The first-order valence-corrected chi connectivity index (χ1v) is 7.78. The van der Waals surface area contributed by atoms with E-state index in [2.05, 4.69) is 5.32 Å². The summed E-state index contributed by atoms with van der Waals surface area (Å²) < 4.78 is 11.1. The van der Waals surface area contributed by atoms with Gasteiger partial charge in [-0.2, -0.15) is 0 Å². The Morgan fingerprint density at radius 3 is 2.73 bits per heavy atom. The van der Waals surface area contributed by atoms with E-state index in [4.69, 9.17) is 9.47 Å². The lowest BCUT2D eigenvalue weighted by Crippen LogP contribution is -2.47. The van der Waals surface area contributed by atoms with Crippen LogP contribution in [0.3, 0.4) is 0 Å². The third kappa shape index (κ3) is 5.53. The lowest BCUT2D eigenvalue weighted by atomic mass is 10.0. The molecule has 1 heterocycles. The van der Waals surface area contributed by atoms with Crippen molar-refractivity contribution in [2.24, 2.45) is 0 Å². The van der Waals surface area contributed by atoms with Crippen LogP contribution in [0, 0.1) is 0 Å². The van der Waals surface area contributed by atoms with Gasteiger partial charge in [-0.1, -0.05) is 42.5 Å². The lowest BCUT2D eigenvalue weighted by Gasteiger charge is -2.31. The molecular formula is C18H25NO3. The molecule has 0 bridgehead atoms. The number of benzene rings is 1. The van der Waals surface area contributed by atoms with Crippen LogP contribution in [0.15, 0.2) is 36.4 Å². The Balaban J connectivity index is 1.96. The highest BCUT2D eigenvalue weighted by atomic mass is 16.6. The Kier molecular flexibility index (Phi) is 5.61. The number of amides is 1. The Labute approximate surface area is 132 Å². The van der Waals surface area contributed by atoms with Crippen LogP contribution in [-0.4, -0.2) is 30.4 Å². The van der Waals surface area contributed by atoms with Crippen molar-refractivity contribution >= 4 is 12.2 Å². The summed E-state index contributed by atoms with van der Waals surface area (Å²) in [6.07, 6.45) is 5.36. The van der Waals surface area contributed by atoms with E-state index in [1.165, 1.54) is 0 Å². The topological polar surface area (TPSA) is 47.6 Å². The molecule has 1 aromatic rings. The minimum atomic E-state index is -0.491. The van der Waals surface area contributed by atoms with E-state index in [1.54, 1.807) is 0 Å². The van der Waals surface area contributed by atoms with Crippen molar-refractivity contribution in [2.75, 3.05) is 6.61 Å². The third-order valence-electron chi connectivity index (χ3n) is 3.35. The van der Waals surface area contributed by atoms with Crippen LogP contribution in [0.2, 0.25) is 0 Å². The molecule has 0 unspecified atom stereocenters. The number of carbonyl (C=O) groups excluding carboxylic acids is 1. The molecule has 22 heavy (non-hydrogen) atoms. The first-order chi connectivity index (χ1) is 10.4. The zero-order valence-electron chi connectivity index (χ0n) is 13.5. The monoisotopic (exact) mass is 303 g/mol. The number of hydrogen-bond donors (Lipinski definition) is 1. The number of ether oxygens (including phenoxy) is 2. The summed E-state index contributed by atoms with van der Waals surface area (Å²) in [5.74, 6) is 0. The molecule has 2 rings (SSSR count). The quantitative estimate of drug-likeness (QED) is 0.924. The average Bonchev–Trinajstić information content (AvgIpc) is 2.45. The summed E-state index contributed by atoms with van der Waals surface area (Å²) >= 11 is 0. The second-order valence-corrected chi connectivity index (χ2v) is 6.50. The van der Waals surface area contributed by atoms with Crippen molar-refractivity contribution in [1.82, 2.24) is 5.32 Å². The molecule has 2 atom stereocenters. The van der Waals surface area contributed by atoms with Crippen LogP contribution in [0.5, 0.6) is 0 Å². The number of carbonyl (C=O) groups is 1. The predicted molar refractivity (Wildman–Crippen MR) is 87.6 cm³/mol. The van der Waals surface area contributed by atoms with Gasteiger partial charge in [-0.25, -0.2) is 4.79 Å². The Bertz CT molecular complexity index is 505. The van der Waals surface area contributed by atoms with Gasteiger partial charge in [0.05, 0.1) is 12.1 Å². The maximum Gasteiger partial charge on any atom is 0.407 e. The third-order valence-corrected chi connectivity index (χ3v) is 3.35. The number of rotatable bonds is 3. The molecular weight excluding hydrogens is 278 g/mol. The molecule has 0 saturated carbocycles. The number of hydrogen-bond acceptors (Lipinski definition) is 3. The Hall–Kier alpha value is -1.81. The first kappa shape index (κ1) is 16.6. The SMILES string of the molecule is CC(C)(C)OC(=O)N[C@@H]1CCCO[C@H]1C=Cc1ccccc1. The molecule has 1 aliphatic rings. The molecule has 1 aliphatic heterocycles. The van der Waals surface area contributed by atoms with Crippen molar-refractivity contribution in [3.05, 3.63) is 42.0 Å². The Morgan fingerprint density at radius 1 is 1.32 bits per heavy atom. The molecule has 0 aromatic heterocycles. The fourth-order valence-electron chi connectivity index (χ4n) is 2.38. The fourth-order valence-corrected chi connectivity index (χ4v) is 2.38. The summed E-state index contributed by atoms with van der Waals surface area (Å²) in [6, 6.07) is 10.0. The van der Waals surface area contributed by atoms with Crippen LogP contribution >= 0.6 is 0 Å². The van der Waals surface area contributed by atoms with Gasteiger partial charge in [0.25, 0.3) is 0 Å². The zero-order chi connectivity index (χ0) is 16.0. The summed E-state index contributed by atoms with van der Waals surface area (Å²) in [4.78, 5) is 11.9. The second-order valence-electron chi connectivity index (χ2n) is 6.50. The van der Waals surface area contributed by atoms with Gasteiger partial charge >= 0.3 is 6.09 Å². The zero-order valence-corrected chi connectivity index (χ0v) is 13.5. The summed E-state index contributed by atoms with van der Waals surface area (Å²) in [5, 5.41) is 2.92. The van der Waals surface area contributed by atoms with Crippen LogP contribution < -0.4 is 5.32 Å². The highest BCUT2D eigenvalue weighted by Crippen LogP contribution is 2.17. The van der Waals surface area contributed by atoms with Crippen molar-refractivity contribution in [1.29, 1.82) is 0 Å². The summed E-state index contributed by atoms with van der Waals surface area (Å²) in [6.45, 7) is 6.29. The summed E-state index contributed by atoms with van der Waals surface area (Å²) in [5.41, 5.74) is 0.627. The van der Waals surface area contributed by atoms with Crippen LogP contribution in [0.1, 0.15) is 39.2 Å². The highest BCUT2D eigenvalue weighted by Gasteiger charge is 2.27. The smallest absolute Gasteiger partial charge is 0.407 e. The molecule has 1 saturated heterocycles. The molecule has 1 fully saturated rings. The molecule has 120 valence electrons. The van der Waals surface area contributed by atoms with Gasteiger partial charge < -0.3 is 14.8 Å². The van der Waals surface area contributed by atoms with Gasteiger partial charge in [-0.3, -0.25) is 0 Å². The van der Waals surface area contributed by atoms with Crippen molar-refractivity contribution in [2.45, 2.75) is 51.4 Å². The predicted octanol–water partition coefficient (Wildman–Crippen LogP) is 3.77. The largest absolute Gasteiger partial charge is 0.444 e. The standard InChI is InChI=1S/C18H25NO3/c1-18(2,3)22-17(20)19-15-10-7-13-21-16(15)12-11-14-8-5-4-6-9-14/h4-6,8-9,11-12,15-16H,7,10,13H2,1-3H3,(H,19,20)/t15-,16+/m1/s1. The van der Waals surface area contributed by atoms with E-state index in [0.29, 0.717) is 0 Å². The molecule has 1 amide bonds. The van der Waals surface area contributed by atoms with E-state index in [9.17, 15) is 4.79 Å². The van der Waals surface area contributed by atoms with Crippen LogP contribution in [0.4, 0.5) is 4.79 Å². The van der Waals surface area contributed by atoms with Gasteiger partial charge in [0.2, 0.25) is 0 Å². The van der Waals surface area contributed by atoms with Crippen molar-refractivity contribution in [3.8, 4) is 0 Å². The molecule has 4 heteroatoms. The maximum atomic E-state index is 11.9. The van der Waals surface area contributed by atoms with E-state index < -0.39 is 5.60 Å². The average molecular weight is 303 g/mol. The number of alkyl carbamates (subject to hydrolysis) is 1. The number of nitrogens with one attached hydrogen (secondary N) is 1. The second kappa shape index (κ2) is 7.45. The van der Waals surface area contributed by atoms with Gasteiger partial charge in [-0.15, -0.1) is 0 Å². The molecule has 1 N–H and O–H groups in total. The summed E-state index contributed by atoms with van der Waals surface area (Å²) in [7, 11) is 0. The van der Waals surface area contributed by atoms with Gasteiger partial charge in [0, 0.05) is 6.61 Å². The maximum absolute atomic E-state index is 11.9. The normalized spacial score (nSPS) is 22.5. The van der Waals surface area contributed by atoms with Crippen molar-refractivity contribution in [3.63, 3.8) is 0 Å². The molecule has 0 spiro atoms. The van der Waals surface area contributed by atoms with E-state index in [-0.39, 0.29) is 18.2 Å². The van der Waals surface area contributed by atoms with E-state index >= 15 is 0 Å². The minimum absolute atomic E-state index is 0.0523. The van der Waals surface area contributed by atoms with Gasteiger partial charge in [-0.05, 0) is 39.2 Å². The molecule has 0 radical (unpaired) electrons. The van der Waals surface area contributed by atoms with Gasteiger partial charge in [0.15, 0.2) is 0 Å². The van der Waals surface area contributed by atoms with E-state index in [0.717, 1.165) is 25.0 Å². The van der Waals surface area contributed by atoms with Gasteiger partial charge in [0.1, 0.15) is 5.60 Å². The van der Waals surface area contributed by atoms with E-state index in [1.807, 2.05) is 63.3 Å². The fraction of sp³-hybridized carbons (Fsp3) is 0.500. The molecule has 0 aliphatic carbocycles. The van der Waals surface area contributed by atoms with Crippen molar-refractivity contribution < 1.29 is 14.3 Å². The lowest BCUT2D eigenvalue weighted by molar-refractivity contribution is 0.00908. The molecule has 1 aromatic carbocycles. The Morgan fingerprint density at radius 2 is 2.05 bits per heavy atom. The minimum Gasteiger partial charge on any atom is -0.444 e. The molecule has 4 nitrogen and oxygen atoms in total.